The van der Waals surface area contributed by atoms with E-state index in [1.807, 2.05) is 48.5 Å². The van der Waals surface area contributed by atoms with Crippen molar-refractivity contribution in [3.63, 3.8) is 0 Å². The largest absolute Gasteiger partial charge is 0.386 e. The summed E-state index contributed by atoms with van der Waals surface area (Å²) < 4.78 is 25.7. The Morgan fingerprint density at radius 3 is 2.50 bits per heavy atom. The van der Waals surface area contributed by atoms with Gasteiger partial charge in [-0.25, -0.2) is 13.4 Å². The van der Waals surface area contributed by atoms with E-state index in [1.54, 1.807) is 25.4 Å². The summed E-state index contributed by atoms with van der Waals surface area (Å²) >= 11 is 0. The van der Waals surface area contributed by atoms with Gasteiger partial charge in [0, 0.05) is 29.4 Å². The molecule has 5 aromatic rings. The van der Waals surface area contributed by atoms with Crippen LogP contribution >= 0.6 is 0 Å². The minimum Gasteiger partial charge on any atom is -0.386 e. The van der Waals surface area contributed by atoms with E-state index < -0.39 is 10.0 Å². The summed E-state index contributed by atoms with van der Waals surface area (Å²) in [6.07, 6.45) is 2.91. The summed E-state index contributed by atoms with van der Waals surface area (Å²) in [7, 11) is -1.57. The Kier molecular flexibility index (Phi) is 4.79. The molecule has 8 heteroatoms. The molecule has 2 heterocycles. The van der Waals surface area contributed by atoms with E-state index in [2.05, 4.69) is 26.4 Å². The first kappa shape index (κ1) is 20.0. The first-order chi connectivity index (χ1) is 15.4. The van der Waals surface area contributed by atoms with Crippen LogP contribution in [0.3, 0.4) is 0 Å². The number of hydrogen-bond donors (Lipinski definition) is 3. The minimum atomic E-state index is -3.37. The van der Waals surface area contributed by atoms with Crippen molar-refractivity contribution in [3.8, 4) is 0 Å². The van der Waals surface area contributed by atoms with Gasteiger partial charge < -0.3 is 10.6 Å². The van der Waals surface area contributed by atoms with E-state index in [0.29, 0.717) is 5.69 Å². The molecule has 0 atom stereocenters. The van der Waals surface area contributed by atoms with Crippen molar-refractivity contribution in [1.82, 2.24) is 9.97 Å². The van der Waals surface area contributed by atoms with Gasteiger partial charge in [0.1, 0.15) is 0 Å². The van der Waals surface area contributed by atoms with Gasteiger partial charge in [-0.05, 0) is 36.4 Å². The van der Waals surface area contributed by atoms with Gasteiger partial charge in [0.25, 0.3) is 0 Å². The van der Waals surface area contributed by atoms with Crippen molar-refractivity contribution in [2.75, 3.05) is 28.7 Å². The highest BCUT2D eigenvalue weighted by atomic mass is 32.2. The second-order valence-electron chi connectivity index (χ2n) is 7.55. The van der Waals surface area contributed by atoms with E-state index in [4.69, 9.17) is 4.98 Å². The zero-order valence-corrected chi connectivity index (χ0v) is 18.4. The lowest BCUT2D eigenvalue weighted by atomic mass is 10.0. The summed E-state index contributed by atoms with van der Waals surface area (Å²) in [5.41, 5.74) is 5.51. The number of rotatable bonds is 5. The molecule has 5 rings (SSSR count). The van der Waals surface area contributed by atoms with E-state index in [9.17, 15) is 8.42 Å². The third-order valence-electron chi connectivity index (χ3n) is 5.27. The molecule has 0 radical (unpaired) electrons. The fourth-order valence-corrected chi connectivity index (χ4v) is 4.45. The molecule has 3 aromatic carbocycles. The van der Waals surface area contributed by atoms with Crippen molar-refractivity contribution in [1.29, 1.82) is 0 Å². The van der Waals surface area contributed by atoms with Crippen molar-refractivity contribution >= 4 is 65.5 Å². The lowest BCUT2D eigenvalue weighted by molar-refractivity contribution is 0.607. The van der Waals surface area contributed by atoms with Crippen LogP contribution in [0, 0.1) is 0 Å². The number of para-hydroxylation sites is 1. The smallest absolute Gasteiger partial charge is 0.229 e. The van der Waals surface area contributed by atoms with Crippen molar-refractivity contribution in [2.24, 2.45) is 0 Å². The maximum atomic E-state index is 11.6. The molecule has 0 bridgehead atoms. The normalized spacial score (nSPS) is 11.7. The third kappa shape index (κ3) is 3.65. The van der Waals surface area contributed by atoms with Crippen molar-refractivity contribution in [3.05, 3.63) is 72.9 Å². The van der Waals surface area contributed by atoms with E-state index in [1.165, 1.54) is 0 Å². The van der Waals surface area contributed by atoms with Gasteiger partial charge in [-0.15, -0.1) is 0 Å². The minimum absolute atomic E-state index is 0.488. The van der Waals surface area contributed by atoms with Crippen LogP contribution in [0.1, 0.15) is 0 Å². The van der Waals surface area contributed by atoms with Gasteiger partial charge >= 0.3 is 0 Å². The first-order valence-corrected chi connectivity index (χ1v) is 11.9. The summed E-state index contributed by atoms with van der Waals surface area (Å²) in [5.74, 6) is 0. The Hall–Kier alpha value is -3.91. The fourth-order valence-electron chi connectivity index (χ4n) is 3.90. The lowest BCUT2D eigenvalue weighted by Crippen LogP contribution is -2.10. The van der Waals surface area contributed by atoms with E-state index in [0.717, 1.165) is 56.0 Å². The second-order valence-corrected chi connectivity index (χ2v) is 9.30. The molecule has 7 nitrogen and oxygen atoms in total. The van der Waals surface area contributed by atoms with Crippen LogP contribution in [0.2, 0.25) is 0 Å². The molecule has 0 fully saturated rings. The summed E-state index contributed by atoms with van der Waals surface area (Å²) in [6, 6.07) is 21.3. The number of hydrogen-bond acceptors (Lipinski definition) is 6. The summed E-state index contributed by atoms with van der Waals surface area (Å²) in [6.45, 7) is 0. The number of fused-ring (bicyclic) bond motifs is 4. The third-order valence-corrected chi connectivity index (χ3v) is 5.88. The SMILES string of the molecule is CNc1cc(NS(C)(=O)=O)ccc1Nc1c2ccccc2nc2c1ccc1cccnc12. The maximum Gasteiger partial charge on any atom is 0.229 e. The number of benzene rings is 3. The van der Waals surface area contributed by atoms with Crippen molar-refractivity contribution in [2.45, 2.75) is 0 Å². The first-order valence-electron chi connectivity index (χ1n) is 10.1. The Morgan fingerprint density at radius 2 is 1.69 bits per heavy atom. The zero-order chi connectivity index (χ0) is 22.3. The Bertz CT molecular complexity index is 1600. The van der Waals surface area contributed by atoms with E-state index in [-0.39, 0.29) is 0 Å². The molecule has 0 unspecified atom stereocenters. The number of nitrogens with one attached hydrogen (secondary N) is 3. The lowest BCUT2D eigenvalue weighted by Gasteiger charge is -2.17. The van der Waals surface area contributed by atoms with E-state index >= 15 is 0 Å². The molecule has 3 N–H and O–H groups in total. The average molecular weight is 444 g/mol. The molecular formula is C24H21N5O2S. The molecule has 2 aromatic heterocycles. The van der Waals surface area contributed by atoms with Crippen LogP contribution in [0.25, 0.3) is 32.7 Å². The van der Waals surface area contributed by atoms with Gasteiger partial charge in [-0.2, -0.15) is 0 Å². The van der Waals surface area contributed by atoms with Crippen LogP contribution in [0.5, 0.6) is 0 Å². The average Bonchev–Trinajstić information content (AvgIpc) is 2.78. The van der Waals surface area contributed by atoms with Gasteiger partial charge in [0.2, 0.25) is 10.0 Å². The maximum absolute atomic E-state index is 11.6. The highest BCUT2D eigenvalue weighted by molar-refractivity contribution is 7.92. The van der Waals surface area contributed by atoms with Crippen LogP contribution in [-0.4, -0.2) is 31.7 Å². The second kappa shape index (κ2) is 7.65. The number of anilines is 4. The van der Waals surface area contributed by atoms with Gasteiger partial charge in [0.05, 0.1) is 45.6 Å². The van der Waals surface area contributed by atoms with Crippen molar-refractivity contribution < 1.29 is 8.42 Å². The zero-order valence-electron chi connectivity index (χ0n) is 17.5. The molecule has 0 spiro atoms. The molecule has 160 valence electrons. The quantitative estimate of drug-likeness (QED) is 0.259. The van der Waals surface area contributed by atoms with Crippen LogP contribution < -0.4 is 15.4 Å². The van der Waals surface area contributed by atoms with Crippen LogP contribution in [0.15, 0.2) is 72.9 Å². The molecule has 0 saturated carbocycles. The topological polar surface area (TPSA) is 96.0 Å². The fraction of sp³-hybridized carbons (Fsp3) is 0.0833. The standard InChI is InChI=1S/C24H21N5O2S/c1-25-21-14-16(29-32(2,30)31)10-12-20(21)28-23-17-7-3-4-8-19(17)27-24-18(23)11-9-15-6-5-13-26-22(15)24/h3-14,25,29H,1-2H3,(H,27,28). The Labute approximate surface area is 185 Å². The summed E-state index contributed by atoms with van der Waals surface area (Å²) in [5, 5.41) is 9.66. The van der Waals surface area contributed by atoms with Crippen LogP contribution in [-0.2, 0) is 10.0 Å². The number of sulfonamides is 1. The Balaban J connectivity index is 1.72. The number of pyridine rings is 2. The highest BCUT2D eigenvalue weighted by Crippen LogP contribution is 2.37. The monoisotopic (exact) mass is 443 g/mol. The molecular weight excluding hydrogens is 422 g/mol. The molecule has 32 heavy (non-hydrogen) atoms. The van der Waals surface area contributed by atoms with Gasteiger partial charge in [-0.3, -0.25) is 9.71 Å². The van der Waals surface area contributed by atoms with Gasteiger partial charge in [-0.1, -0.05) is 30.3 Å². The molecule has 0 saturated heterocycles. The Morgan fingerprint density at radius 1 is 0.844 bits per heavy atom. The predicted molar refractivity (Wildman–Crippen MR) is 132 cm³/mol. The molecule has 0 aliphatic rings. The highest BCUT2D eigenvalue weighted by Gasteiger charge is 2.14. The number of nitrogens with zero attached hydrogens (tertiary/aromatic N) is 2. The van der Waals surface area contributed by atoms with Crippen LogP contribution in [0.4, 0.5) is 22.7 Å². The number of aromatic nitrogens is 2. The molecule has 0 amide bonds. The molecule has 0 aliphatic carbocycles. The van der Waals surface area contributed by atoms with Gasteiger partial charge in [0.15, 0.2) is 0 Å². The summed E-state index contributed by atoms with van der Waals surface area (Å²) in [4.78, 5) is 9.49. The molecule has 0 aliphatic heterocycles. The predicted octanol–water partition coefficient (Wildman–Crippen LogP) is 5.09.